The van der Waals surface area contributed by atoms with Gasteiger partial charge in [-0.3, -0.25) is 4.79 Å². The second-order valence-electron chi connectivity index (χ2n) is 5.25. The smallest absolute Gasteiger partial charge is 0.224 e. The summed E-state index contributed by atoms with van der Waals surface area (Å²) < 4.78 is 38.2. The molecule has 1 atom stereocenters. The molecule has 0 bridgehead atoms. The van der Waals surface area contributed by atoms with E-state index in [9.17, 15) is 17.6 Å². The molecule has 1 rings (SSSR count). The van der Waals surface area contributed by atoms with E-state index >= 15 is 0 Å². The third kappa shape index (κ3) is 5.73. The zero-order valence-corrected chi connectivity index (χ0v) is 14.0. The number of carbonyl (C=O) groups excluding carboxylic acids is 1. The van der Waals surface area contributed by atoms with Gasteiger partial charge in [-0.05, 0) is 25.0 Å². The molecule has 7 heteroatoms. The zero-order chi connectivity index (χ0) is 16.8. The summed E-state index contributed by atoms with van der Waals surface area (Å²) in [7, 11) is -3.32. The Morgan fingerprint density at radius 1 is 1.36 bits per heavy atom. The van der Waals surface area contributed by atoms with Gasteiger partial charge >= 0.3 is 0 Å². The van der Waals surface area contributed by atoms with E-state index in [-0.39, 0.29) is 31.5 Å². The predicted octanol–water partition coefficient (Wildman–Crippen LogP) is 1.54. The lowest BCUT2D eigenvalue weighted by molar-refractivity contribution is -0.120. The molecule has 0 radical (unpaired) electrons. The number of hydrogen-bond donors (Lipinski definition) is 1. The molecule has 124 valence electrons. The van der Waals surface area contributed by atoms with Gasteiger partial charge in [-0.25, -0.2) is 12.8 Å². The zero-order valence-electron chi connectivity index (χ0n) is 13.2. The van der Waals surface area contributed by atoms with E-state index in [1.807, 2.05) is 13.8 Å². The van der Waals surface area contributed by atoms with E-state index in [2.05, 4.69) is 5.32 Å². The Morgan fingerprint density at radius 2 is 2.00 bits per heavy atom. The fourth-order valence-electron chi connectivity index (χ4n) is 2.10. The summed E-state index contributed by atoms with van der Waals surface area (Å²) in [6.07, 6.45) is 1.78. The molecule has 0 spiro atoms. The molecule has 1 N–H and O–H groups in total. The number of sulfonamides is 1. The molecular formula is C15H23FN2O3S. The van der Waals surface area contributed by atoms with Crippen molar-refractivity contribution in [3.8, 4) is 0 Å². The lowest BCUT2D eigenvalue weighted by Crippen LogP contribution is -2.43. The highest BCUT2D eigenvalue weighted by Gasteiger charge is 2.21. The molecule has 0 aliphatic rings. The Labute approximate surface area is 131 Å². The molecule has 0 saturated heterocycles. The minimum atomic E-state index is -3.32. The number of rotatable bonds is 8. The summed E-state index contributed by atoms with van der Waals surface area (Å²) in [6.45, 7) is 4.13. The summed E-state index contributed by atoms with van der Waals surface area (Å²) in [6, 6.07) is 5.96. The first-order valence-corrected chi connectivity index (χ1v) is 9.07. The maximum absolute atomic E-state index is 13.4. The fourth-order valence-corrected chi connectivity index (χ4v) is 3.33. The van der Waals surface area contributed by atoms with Crippen LogP contribution < -0.4 is 5.32 Å². The van der Waals surface area contributed by atoms with E-state index in [1.54, 1.807) is 18.2 Å². The Balaban J connectivity index is 2.52. The van der Waals surface area contributed by atoms with Crippen LogP contribution in [0, 0.1) is 5.82 Å². The summed E-state index contributed by atoms with van der Waals surface area (Å²) in [5.41, 5.74) is 0.321. The van der Waals surface area contributed by atoms with Crippen LogP contribution in [0.3, 0.4) is 0 Å². The van der Waals surface area contributed by atoms with Crippen LogP contribution in [0.25, 0.3) is 0 Å². The van der Waals surface area contributed by atoms with Gasteiger partial charge < -0.3 is 5.32 Å². The third-order valence-electron chi connectivity index (χ3n) is 3.47. The Hall–Kier alpha value is -1.47. The van der Waals surface area contributed by atoms with Crippen molar-refractivity contribution in [1.29, 1.82) is 0 Å². The van der Waals surface area contributed by atoms with Crippen LogP contribution >= 0.6 is 0 Å². The second kappa shape index (κ2) is 8.24. The Bertz CT molecular complexity index is 605. The van der Waals surface area contributed by atoms with Crippen LogP contribution in [0.5, 0.6) is 0 Å². The molecule has 5 nitrogen and oxygen atoms in total. The average Bonchev–Trinajstić information content (AvgIpc) is 2.44. The third-order valence-corrected chi connectivity index (χ3v) is 4.87. The molecule has 0 heterocycles. The van der Waals surface area contributed by atoms with Crippen molar-refractivity contribution in [2.75, 3.05) is 19.3 Å². The highest BCUT2D eigenvalue weighted by atomic mass is 32.2. The number of nitrogens with one attached hydrogen (secondary N) is 1. The Morgan fingerprint density at radius 3 is 2.55 bits per heavy atom. The average molecular weight is 330 g/mol. The van der Waals surface area contributed by atoms with Crippen molar-refractivity contribution in [3.63, 3.8) is 0 Å². The van der Waals surface area contributed by atoms with E-state index in [0.717, 1.165) is 6.26 Å². The monoisotopic (exact) mass is 330 g/mol. The quantitative estimate of drug-likeness (QED) is 0.786. The van der Waals surface area contributed by atoms with Crippen LogP contribution in [0.15, 0.2) is 24.3 Å². The fraction of sp³-hybridized carbons (Fsp3) is 0.533. The second-order valence-corrected chi connectivity index (χ2v) is 7.18. The number of carbonyl (C=O) groups is 1. The standard InChI is InChI=1S/C15H23FN2O3S/c1-4-12(2)18(22(3,20)21)10-9-17-15(19)11-13-7-5-6-8-14(13)16/h5-8,12H,4,9-11H2,1-3H3,(H,17,19). The summed E-state index contributed by atoms with van der Waals surface area (Å²) in [5.74, 6) is -0.752. The van der Waals surface area contributed by atoms with E-state index in [4.69, 9.17) is 0 Å². The maximum Gasteiger partial charge on any atom is 0.224 e. The molecule has 0 fully saturated rings. The molecule has 1 unspecified atom stereocenters. The number of amides is 1. The first-order chi connectivity index (χ1) is 10.3. The van der Waals surface area contributed by atoms with Crippen molar-refractivity contribution in [3.05, 3.63) is 35.6 Å². The topological polar surface area (TPSA) is 66.5 Å². The van der Waals surface area contributed by atoms with Gasteiger partial charge in [0.2, 0.25) is 15.9 Å². The lowest BCUT2D eigenvalue weighted by Gasteiger charge is -2.25. The van der Waals surface area contributed by atoms with Crippen molar-refractivity contribution in [1.82, 2.24) is 9.62 Å². The SMILES string of the molecule is CCC(C)N(CCNC(=O)Cc1ccccc1F)S(C)(=O)=O. The normalized spacial score (nSPS) is 13.1. The summed E-state index contributed by atoms with van der Waals surface area (Å²) >= 11 is 0. The lowest BCUT2D eigenvalue weighted by atomic mass is 10.1. The minimum Gasteiger partial charge on any atom is -0.354 e. The van der Waals surface area contributed by atoms with Crippen LogP contribution in [0.4, 0.5) is 4.39 Å². The van der Waals surface area contributed by atoms with Gasteiger partial charge in [0.1, 0.15) is 5.82 Å². The van der Waals surface area contributed by atoms with Gasteiger partial charge in [-0.15, -0.1) is 0 Å². The van der Waals surface area contributed by atoms with Crippen molar-refractivity contribution in [2.45, 2.75) is 32.7 Å². The van der Waals surface area contributed by atoms with Gasteiger partial charge in [0.05, 0.1) is 12.7 Å². The van der Waals surface area contributed by atoms with E-state index in [0.29, 0.717) is 12.0 Å². The molecule has 22 heavy (non-hydrogen) atoms. The Kier molecular flexibility index (Phi) is 6.96. The van der Waals surface area contributed by atoms with Crippen molar-refractivity contribution < 1.29 is 17.6 Å². The number of benzene rings is 1. The molecular weight excluding hydrogens is 307 g/mol. The van der Waals surface area contributed by atoms with Gasteiger partial charge in [-0.2, -0.15) is 4.31 Å². The number of hydrogen-bond acceptors (Lipinski definition) is 3. The molecule has 0 saturated carbocycles. The maximum atomic E-state index is 13.4. The molecule has 0 aliphatic heterocycles. The van der Waals surface area contributed by atoms with Crippen LogP contribution in [0.2, 0.25) is 0 Å². The van der Waals surface area contributed by atoms with Gasteiger partial charge in [0.25, 0.3) is 0 Å². The molecule has 0 aliphatic carbocycles. The largest absolute Gasteiger partial charge is 0.354 e. The minimum absolute atomic E-state index is 0.0606. The summed E-state index contributed by atoms with van der Waals surface area (Å²) in [5, 5.41) is 2.63. The summed E-state index contributed by atoms with van der Waals surface area (Å²) in [4.78, 5) is 11.8. The highest BCUT2D eigenvalue weighted by molar-refractivity contribution is 7.88. The first-order valence-electron chi connectivity index (χ1n) is 7.22. The van der Waals surface area contributed by atoms with Crippen LogP contribution in [-0.4, -0.2) is 44.0 Å². The van der Waals surface area contributed by atoms with Crippen molar-refractivity contribution in [2.24, 2.45) is 0 Å². The van der Waals surface area contributed by atoms with Crippen LogP contribution in [-0.2, 0) is 21.2 Å². The van der Waals surface area contributed by atoms with Gasteiger partial charge in [0, 0.05) is 19.1 Å². The molecule has 1 aromatic rings. The molecule has 1 amide bonds. The predicted molar refractivity (Wildman–Crippen MR) is 84.4 cm³/mol. The van der Waals surface area contributed by atoms with E-state index < -0.39 is 15.8 Å². The molecule has 1 aromatic carbocycles. The molecule has 0 aromatic heterocycles. The highest BCUT2D eigenvalue weighted by Crippen LogP contribution is 2.08. The first kappa shape index (κ1) is 18.6. The van der Waals surface area contributed by atoms with E-state index in [1.165, 1.54) is 10.4 Å². The number of nitrogens with zero attached hydrogens (tertiary/aromatic N) is 1. The van der Waals surface area contributed by atoms with Crippen molar-refractivity contribution >= 4 is 15.9 Å². The van der Waals surface area contributed by atoms with Gasteiger partial charge in [-0.1, -0.05) is 25.1 Å². The van der Waals surface area contributed by atoms with Crippen LogP contribution in [0.1, 0.15) is 25.8 Å². The number of halogens is 1. The van der Waals surface area contributed by atoms with Gasteiger partial charge in [0.15, 0.2) is 0 Å².